The van der Waals surface area contributed by atoms with Crippen molar-refractivity contribution in [3.8, 4) is 22.5 Å². The number of halogens is 3. The van der Waals surface area contributed by atoms with Gasteiger partial charge < -0.3 is 10.3 Å². The fourth-order valence-corrected chi connectivity index (χ4v) is 3.37. The highest BCUT2D eigenvalue weighted by molar-refractivity contribution is 5.81. The summed E-state index contributed by atoms with van der Waals surface area (Å²) in [7, 11) is 0. The first-order valence-corrected chi connectivity index (χ1v) is 9.78. The highest BCUT2D eigenvalue weighted by Crippen LogP contribution is 2.32. The molecule has 2 heterocycles. The Labute approximate surface area is 181 Å². The molecular weight excluding hydrogens is 415 g/mol. The standard InChI is InChI=1S/C24H16F3N5/c25-24(26,27)18-9-10-20-21(12-18)32-22(31-20)16-7-4-8-19(11-16)30-23-28-13-17(14-29-23)15-5-2-1-3-6-15/h1-14H,(H,31,32)(H,28,29,30). The van der Waals surface area contributed by atoms with E-state index in [1.807, 2.05) is 54.6 Å². The molecule has 0 saturated heterocycles. The summed E-state index contributed by atoms with van der Waals surface area (Å²) in [5.74, 6) is 0.907. The molecule has 8 heteroatoms. The molecule has 3 aromatic carbocycles. The van der Waals surface area contributed by atoms with Gasteiger partial charge in [-0.15, -0.1) is 0 Å². The van der Waals surface area contributed by atoms with E-state index in [9.17, 15) is 13.2 Å². The van der Waals surface area contributed by atoms with Gasteiger partial charge in [-0.05, 0) is 35.9 Å². The molecular formula is C24H16F3N5. The van der Waals surface area contributed by atoms with Crippen LogP contribution in [0.1, 0.15) is 5.56 Å². The third-order valence-corrected chi connectivity index (χ3v) is 4.96. The molecule has 0 aliphatic rings. The zero-order valence-electron chi connectivity index (χ0n) is 16.6. The number of benzene rings is 3. The van der Waals surface area contributed by atoms with Gasteiger partial charge in [0.25, 0.3) is 0 Å². The van der Waals surface area contributed by atoms with Crippen molar-refractivity contribution in [2.75, 3.05) is 5.32 Å². The van der Waals surface area contributed by atoms with Crippen molar-refractivity contribution >= 4 is 22.7 Å². The van der Waals surface area contributed by atoms with E-state index in [-0.39, 0.29) is 0 Å². The average Bonchev–Trinajstić information content (AvgIpc) is 3.23. The number of nitrogens with zero attached hydrogens (tertiary/aromatic N) is 3. The molecule has 0 aliphatic carbocycles. The van der Waals surface area contributed by atoms with Crippen molar-refractivity contribution in [3.05, 3.63) is 90.8 Å². The minimum absolute atomic E-state index is 0.327. The van der Waals surface area contributed by atoms with Crippen LogP contribution in [0.25, 0.3) is 33.5 Å². The molecule has 5 aromatic rings. The van der Waals surface area contributed by atoms with Crippen molar-refractivity contribution < 1.29 is 13.2 Å². The van der Waals surface area contributed by atoms with Crippen molar-refractivity contribution in [3.63, 3.8) is 0 Å². The number of rotatable bonds is 4. The summed E-state index contributed by atoms with van der Waals surface area (Å²) in [4.78, 5) is 16.1. The summed E-state index contributed by atoms with van der Waals surface area (Å²) in [6, 6.07) is 20.6. The summed E-state index contributed by atoms with van der Waals surface area (Å²) in [6.45, 7) is 0. The summed E-state index contributed by atoms with van der Waals surface area (Å²) >= 11 is 0. The van der Waals surface area contributed by atoms with E-state index in [1.54, 1.807) is 12.4 Å². The summed E-state index contributed by atoms with van der Waals surface area (Å²) in [5, 5.41) is 3.14. The van der Waals surface area contributed by atoms with Crippen LogP contribution in [-0.4, -0.2) is 19.9 Å². The number of hydrogen-bond donors (Lipinski definition) is 2. The molecule has 32 heavy (non-hydrogen) atoms. The lowest BCUT2D eigenvalue weighted by Crippen LogP contribution is -2.04. The van der Waals surface area contributed by atoms with E-state index in [1.165, 1.54) is 6.07 Å². The minimum atomic E-state index is -4.40. The Balaban J connectivity index is 1.39. The molecule has 2 aromatic heterocycles. The fraction of sp³-hybridized carbons (Fsp3) is 0.0417. The Morgan fingerprint density at radius 2 is 1.50 bits per heavy atom. The van der Waals surface area contributed by atoms with Crippen LogP contribution in [0.3, 0.4) is 0 Å². The Hall–Kier alpha value is -4.20. The fourth-order valence-electron chi connectivity index (χ4n) is 3.37. The Morgan fingerprint density at radius 3 is 2.25 bits per heavy atom. The molecule has 158 valence electrons. The van der Waals surface area contributed by atoms with E-state index < -0.39 is 11.7 Å². The second-order valence-corrected chi connectivity index (χ2v) is 7.18. The van der Waals surface area contributed by atoms with Gasteiger partial charge >= 0.3 is 6.18 Å². The number of aromatic amines is 1. The quantitative estimate of drug-likeness (QED) is 0.343. The number of alkyl halides is 3. The van der Waals surface area contributed by atoms with Crippen LogP contribution in [-0.2, 0) is 6.18 Å². The SMILES string of the molecule is FC(F)(F)c1ccc2nc(-c3cccc(Nc4ncc(-c5ccccc5)cn4)c3)[nH]c2c1. The molecule has 0 unspecified atom stereocenters. The lowest BCUT2D eigenvalue weighted by molar-refractivity contribution is -0.137. The predicted octanol–water partition coefficient (Wildman–Crippen LogP) is 6.45. The zero-order valence-corrected chi connectivity index (χ0v) is 16.6. The van der Waals surface area contributed by atoms with E-state index in [2.05, 4.69) is 25.3 Å². The molecule has 0 fully saturated rings. The summed E-state index contributed by atoms with van der Waals surface area (Å²) < 4.78 is 38.9. The molecule has 5 rings (SSSR count). The molecule has 0 aliphatic heterocycles. The number of fused-ring (bicyclic) bond motifs is 1. The van der Waals surface area contributed by atoms with Crippen molar-refractivity contribution in [2.45, 2.75) is 6.18 Å². The van der Waals surface area contributed by atoms with Crippen LogP contribution in [0.15, 0.2) is 85.2 Å². The maximum absolute atomic E-state index is 13.0. The van der Waals surface area contributed by atoms with E-state index in [0.29, 0.717) is 22.8 Å². The van der Waals surface area contributed by atoms with Gasteiger partial charge in [0.2, 0.25) is 5.95 Å². The largest absolute Gasteiger partial charge is 0.416 e. The predicted molar refractivity (Wildman–Crippen MR) is 117 cm³/mol. The van der Waals surface area contributed by atoms with E-state index >= 15 is 0 Å². The van der Waals surface area contributed by atoms with Crippen LogP contribution in [0, 0.1) is 0 Å². The molecule has 0 amide bonds. The van der Waals surface area contributed by atoms with Gasteiger partial charge in [0.05, 0.1) is 16.6 Å². The van der Waals surface area contributed by atoms with Gasteiger partial charge in [0, 0.05) is 29.2 Å². The van der Waals surface area contributed by atoms with Gasteiger partial charge in [0.15, 0.2) is 0 Å². The highest BCUT2D eigenvalue weighted by Gasteiger charge is 2.30. The first-order chi connectivity index (χ1) is 15.5. The monoisotopic (exact) mass is 431 g/mol. The van der Waals surface area contributed by atoms with Crippen LogP contribution in [0.2, 0.25) is 0 Å². The van der Waals surface area contributed by atoms with Gasteiger partial charge in [0.1, 0.15) is 5.82 Å². The van der Waals surface area contributed by atoms with Crippen molar-refractivity contribution in [1.82, 2.24) is 19.9 Å². The first kappa shape index (κ1) is 19.7. The molecule has 5 nitrogen and oxygen atoms in total. The maximum Gasteiger partial charge on any atom is 0.416 e. The number of H-pyrrole nitrogens is 1. The number of nitrogens with one attached hydrogen (secondary N) is 2. The third-order valence-electron chi connectivity index (χ3n) is 4.96. The van der Waals surface area contributed by atoms with Gasteiger partial charge in [-0.3, -0.25) is 0 Å². The molecule has 0 radical (unpaired) electrons. The normalized spacial score (nSPS) is 11.6. The second kappa shape index (κ2) is 7.81. The minimum Gasteiger partial charge on any atom is -0.338 e. The Morgan fingerprint density at radius 1 is 0.750 bits per heavy atom. The first-order valence-electron chi connectivity index (χ1n) is 9.78. The average molecular weight is 431 g/mol. The second-order valence-electron chi connectivity index (χ2n) is 7.18. The van der Waals surface area contributed by atoms with Crippen molar-refractivity contribution in [2.24, 2.45) is 0 Å². The maximum atomic E-state index is 13.0. The zero-order chi connectivity index (χ0) is 22.1. The Kier molecular flexibility index (Phi) is 4.82. The van der Waals surface area contributed by atoms with E-state index in [0.717, 1.165) is 34.5 Å². The van der Waals surface area contributed by atoms with Gasteiger partial charge in [-0.1, -0.05) is 42.5 Å². The topological polar surface area (TPSA) is 66.5 Å². The van der Waals surface area contributed by atoms with Gasteiger partial charge in [-0.25, -0.2) is 15.0 Å². The molecule has 0 atom stereocenters. The number of imidazole rings is 1. The smallest absolute Gasteiger partial charge is 0.338 e. The lowest BCUT2D eigenvalue weighted by atomic mass is 10.1. The van der Waals surface area contributed by atoms with E-state index in [4.69, 9.17) is 0 Å². The van der Waals surface area contributed by atoms with Crippen LogP contribution < -0.4 is 5.32 Å². The highest BCUT2D eigenvalue weighted by atomic mass is 19.4. The van der Waals surface area contributed by atoms with Crippen LogP contribution in [0.4, 0.5) is 24.8 Å². The van der Waals surface area contributed by atoms with Crippen LogP contribution in [0.5, 0.6) is 0 Å². The van der Waals surface area contributed by atoms with Crippen molar-refractivity contribution in [1.29, 1.82) is 0 Å². The lowest BCUT2D eigenvalue weighted by Gasteiger charge is -2.07. The number of aromatic nitrogens is 4. The molecule has 0 spiro atoms. The molecule has 0 saturated carbocycles. The number of hydrogen-bond acceptors (Lipinski definition) is 4. The summed E-state index contributed by atoms with van der Waals surface area (Å²) in [6.07, 6.45) is -0.919. The van der Waals surface area contributed by atoms with Gasteiger partial charge in [-0.2, -0.15) is 13.2 Å². The third kappa shape index (κ3) is 4.02. The molecule has 2 N–H and O–H groups in total. The molecule has 0 bridgehead atoms. The number of anilines is 2. The summed E-state index contributed by atoms with van der Waals surface area (Å²) in [5.41, 5.74) is 3.46. The Bertz CT molecular complexity index is 1380. The van der Waals surface area contributed by atoms with Crippen LogP contribution >= 0.6 is 0 Å².